The van der Waals surface area contributed by atoms with Gasteiger partial charge in [0.1, 0.15) is 11.6 Å². The predicted octanol–water partition coefficient (Wildman–Crippen LogP) is 3.77. The van der Waals surface area contributed by atoms with Crippen LogP contribution >= 0.6 is 22.6 Å². The number of nitrogens with zero attached hydrogens (tertiary/aromatic N) is 1. The van der Waals surface area contributed by atoms with Crippen molar-refractivity contribution in [3.63, 3.8) is 0 Å². The van der Waals surface area contributed by atoms with Crippen LogP contribution in [0.25, 0.3) is 0 Å². The maximum atomic E-state index is 5.65. The summed E-state index contributed by atoms with van der Waals surface area (Å²) in [4.78, 5) is 4.64. The fourth-order valence-corrected chi connectivity index (χ4v) is 3.64. The van der Waals surface area contributed by atoms with Crippen LogP contribution in [0.1, 0.15) is 30.0 Å². The average molecular weight is 343 g/mol. The van der Waals surface area contributed by atoms with Gasteiger partial charge in [0.2, 0.25) is 0 Å². The van der Waals surface area contributed by atoms with Crippen LogP contribution in [0, 0.1) is 13.8 Å². The number of hydrogen-bond donors (Lipinski definition) is 0. The normalized spacial score (nSPS) is 27.2. The number of halogens is 1. The van der Waals surface area contributed by atoms with Crippen molar-refractivity contribution in [3.05, 3.63) is 34.9 Å². The Hall–Kier alpha value is -0.580. The van der Waals surface area contributed by atoms with E-state index in [1.165, 1.54) is 16.7 Å². The number of aliphatic imine (C=N–C) groups is 1. The van der Waals surface area contributed by atoms with Gasteiger partial charge in [0.05, 0.1) is 0 Å². The van der Waals surface area contributed by atoms with Gasteiger partial charge in [-0.3, -0.25) is 0 Å². The topological polar surface area (TPSA) is 21.6 Å². The van der Waals surface area contributed by atoms with Crippen molar-refractivity contribution in [2.75, 3.05) is 4.43 Å². The molecule has 0 amide bonds. The van der Waals surface area contributed by atoms with Crippen molar-refractivity contribution in [2.24, 2.45) is 4.99 Å². The smallest absolute Gasteiger partial charge is 0.171 e. The van der Waals surface area contributed by atoms with Gasteiger partial charge in [-0.2, -0.15) is 0 Å². The van der Waals surface area contributed by atoms with Crippen LogP contribution in [0.3, 0.4) is 0 Å². The van der Waals surface area contributed by atoms with Crippen LogP contribution in [-0.2, 0) is 10.3 Å². The lowest BCUT2D eigenvalue weighted by Gasteiger charge is -2.30. The summed E-state index contributed by atoms with van der Waals surface area (Å²) in [7, 11) is 0. The van der Waals surface area contributed by atoms with Crippen molar-refractivity contribution in [1.82, 2.24) is 0 Å². The predicted molar refractivity (Wildman–Crippen MR) is 80.1 cm³/mol. The van der Waals surface area contributed by atoms with Crippen molar-refractivity contribution < 1.29 is 4.74 Å². The van der Waals surface area contributed by atoms with E-state index in [4.69, 9.17) is 4.74 Å². The maximum Gasteiger partial charge on any atom is 0.171 e. The number of aryl methyl sites for hydroxylation is 2. The minimum atomic E-state index is -0.188. The number of hydrogen-bond acceptors (Lipinski definition) is 2. The lowest BCUT2D eigenvalue weighted by atomic mass is 9.84. The Labute approximate surface area is 117 Å². The van der Waals surface area contributed by atoms with Gasteiger partial charge in [-0.1, -0.05) is 58.8 Å². The Balaban J connectivity index is 2.50. The van der Waals surface area contributed by atoms with Gasteiger partial charge in [0.25, 0.3) is 0 Å². The van der Waals surface area contributed by atoms with E-state index in [9.17, 15) is 0 Å². The highest BCUT2D eigenvalue weighted by Gasteiger charge is 2.43. The van der Waals surface area contributed by atoms with Gasteiger partial charge >= 0.3 is 0 Å². The second kappa shape index (κ2) is 4.96. The average Bonchev–Trinajstić information content (AvgIpc) is 2.71. The molecule has 1 aromatic rings. The number of alkyl halides is 1. The lowest BCUT2D eigenvalue weighted by Crippen LogP contribution is -2.36. The van der Waals surface area contributed by atoms with Gasteiger partial charge in [0.15, 0.2) is 6.40 Å². The molecule has 0 aromatic heterocycles. The molecule has 0 saturated heterocycles. The fourth-order valence-electron chi connectivity index (χ4n) is 2.51. The van der Waals surface area contributed by atoms with E-state index >= 15 is 0 Å². The van der Waals surface area contributed by atoms with Gasteiger partial charge in [-0.25, -0.2) is 4.99 Å². The van der Waals surface area contributed by atoms with Gasteiger partial charge in [-0.05, 0) is 25.8 Å². The molecular weight excluding hydrogens is 325 g/mol. The molecule has 0 saturated carbocycles. The zero-order valence-electron chi connectivity index (χ0n) is 10.5. The molecule has 0 fully saturated rings. The largest absolute Gasteiger partial charge is 0.477 e. The number of ether oxygens (including phenoxy) is 1. The first-order valence-electron chi connectivity index (χ1n) is 5.96. The van der Waals surface area contributed by atoms with Crippen molar-refractivity contribution >= 4 is 29.0 Å². The Kier molecular flexibility index (Phi) is 3.76. The molecule has 0 radical (unpaired) electrons. The second-order valence-corrected chi connectivity index (χ2v) is 5.46. The molecule has 3 heteroatoms. The van der Waals surface area contributed by atoms with Crippen LogP contribution in [0.5, 0.6) is 0 Å². The van der Waals surface area contributed by atoms with Crippen LogP contribution in [0.4, 0.5) is 0 Å². The summed E-state index contributed by atoms with van der Waals surface area (Å²) in [5, 5.41) is 0. The molecule has 1 heterocycles. The third kappa shape index (κ3) is 2.21. The number of benzene rings is 1. The standard InChI is InChI=1S/C14H18INO/c1-4-13-14(8-15,16-9-17-13)12-6-10(2)5-11(3)7-12/h5-7,9,13H,4,8H2,1-3H3. The monoisotopic (exact) mass is 343 g/mol. The van der Waals surface area contributed by atoms with Gasteiger partial charge in [-0.15, -0.1) is 0 Å². The second-order valence-electron chi connectivity index (χ2n) is 4.70. The highest BCUT2D eigenvalue weighted by atomic mass is 127. The summed E-state index contributed by atoms with van der Waals surface area (Å²) in [6, 6.07) is 6.67. The Morgan fingerprint density at radius 2 is 1.94 bits per heavy atom. The maximum absolute atomic E-state index is 5.65. The van der Waals surface area contributed by atoms with E-state index in [1.807, 2.05) is 0 Å². The third-order valence-electron chi connectivity index (χ3n) is 3.34. The first kappa shape index (κ1) is 12.9. The summed E-state index contributed by atoms with van der Waals surface area (Å²) in [5.41, 5.74) is 3.68. The highest BCUT2D eigenvalue weighted by molar-refractivity contribution is 14.1. The molecule has 17 heavy (non-hydrogen) atoms. The summed E-state index contributed by atoms with van der Waals surface area (Å²) in [6.45, 7) is 6.43. The fraction of sp³-hybridized carbons (Fsp3) is 0.500. The number of rotatable bonds is 3. The zero-order chi connectivity index (χ0) is 12.5. The molecular formula is C14H18INO. The van der Waals surface area contributed by atoms with Gasteiger partial charge < -0.3 is 4.74 Å². The molecule has 1 aliphatic rings. The van der Waals surface area contributed by atoms with Crippen molar-refractivity contribution in [1.29, 1.82) is 0 Å². The molecule has 0 N–H and O–H groups in total. The van der Waals surface area contributed by atoms with Crippen LogP contribution in [0.2, 0.25) is 0 Å². The summed E-state index contributed by atoms with van der Waals surface area (Å²) in [5.74, 6) is 0. The molecule has 92 valence electrons. The van der Waals surface area contributed by atoms with E-state index in [0.29, 0.717) is 0 Å². The van der Waals surface area contributed by atoms with E-state index < -0.39 is 0 Å². The minimum Gasteiger partial charge on any atom is -0.477 e. The Bertz CT molecular complexity index is 424. The molecule has 0 spiro atoms. The molecule has 0 bridgehead atoms. The summed E-state index contributed by atoms with van der Waals surface area (Å²) < 4.78 is 6.59. The van der Waals surface area contributed by atoms with Crippen molar-refractivity contribution in [3.8, 4) is 0 Å². The molecule has 2 rings (SSSR count). The van der Waals surface area contributed by atoms with E-state index in [0.717, 1.165) is 10.8 Å². The van der Waals surface area contributed by atoms with Crippen LogP contribution < -0.4 is 0 Å². The van der Waals surface area contributed by atoms with E-state index in [1.54, 1.807) is 6.40 Å². The molecule has 2 unspecified atom stereocenters. The van der Waals surface area contributed by atoms with E-state index in [2.05, 4.69) is 66.6 Å². The summed E-state index contributed by atoms with van der Waals surface area (Å²) in [6.07, 6.45) is 2.78. The highest BCUT2D eigenvalue weighted by Crippen LogP contribution is 2.38. The molecule has 1 aliphatic heterocycles. The Morgan fingerprint density at radius 1 is 1.29 bits per heavy atom. The summed E-state index contributed by atoms with van der Waals surface area (Å²) >= 11 is 2.41. The SMILES string of the molecule is CCC1OC=NC1(CI)c1cc(C)cc(C)c1. The zero-order valence-corrected chi connectivity index (χ0v) is 12.7. The van der Waals surface area contributed by atoms with Crippen LogP contribution in [-0.4, -0.2) is 16.9 Å². The molecule has 2 atom stereocenters. The lowest BCUT2D eigenvalue weighted by molar-refractivity contribution is 0.150. The molecule has 0 aliphatic carbocycles. The van der Waals surface area contributed by atoms with Gasteiger partial charge in [0, 0.05) is 4.43 Å². The third-order valence-corrected chi connectivity index (χ3v) is 4.50. The quantitative estimate of drug-likeness (QED) is 0.605. The minimum absolute atomic E-state index is 0.167. The molecule has 2 nitrogen and oxygen atoms in total. The first-order chi connectivity index (χ1) is 8.12. The van der Waals surface area contributed by atoms with E-state index in [-0.39, 0.29) is 11.6 Å². The van der Waals surface area contributed by atoms with Crippen molar-refractivity contribution in [2.45, 2.75) is 38.8 Å². The molecule has 1 aromatic carbocycles. The first-order valence-corrected chi connectivity index (χ1v) is 7.49. The Morgan fingerprint density at radius 3 is 2.47 bits per heavy atom. The van der Waals surface area contributed by atoms with Crippen LogP contribution in [0.15, 0.2) is 23.2 Å².